The number of aromatic hydroxyl groups is 2. The molecule has 0 bridgehead atoms. The summed E-state index contributed by atoms with van der Waals surface area (Å²) in [5.41, 5.74) is 5.28. The molecule has 35 heavy (non-hydrogen) atoms. The number of hydrogen-bond donors (Lipinski definition) is 5. The minimum Gasteiger partial charge on any atom is -0.512 e. The number of aliphatic hydroxyl groups is 2. The van der Waals surface area contributed by atoms with Gasteiger partial charge in [-0.25, -0.2) is 0 Å². The zero-order valence-electron chi connectivity index (χ0n) is 19.0. The number of methoxy groups -OCH3 is 1. The fourth-order valence-corrected chi connectivity index (χ4v) is 5.05. The molecule has 0 aromatic heterocycles. The molecule has 2 aromatic rings. The molecule has 0 amide bonds. The number of rotatable bonds is 3. The monoisotopic (exact) mass is 483 g/mol. The third-order valence-electron chi connectivity index (χ3n) is 6.79. The van der Waals surface area contributed by atoms with E-state index in [0.29, 0.717) is 0 Å². The van der Waals surface area contributed by atoms with Crippen LogP contribution in [0.5, 0.6) is 17.2 Å². The van der Waals surface area contributed by atoms with Crippen LogP contribution in [0.1, 0.15) is 68.8 Å². The van der Waals surface area contributed by atoms with Crippen molar-refractivity contribution in [1.29, 1.82) is 0 Å². The quantitative estimate of drug-likeness (QED) is 0.348. The first-order chi connectivity index (χ1) is 16.6. The third-order valence-corrected chi connectivity index (χ3v) is 6.79. The van der Waals surface area contributed by atoms with Gasteiger partial charge in [0.1, 0.15) is 17.2 Å². The van der Waals surface area contributed by atoms with Gasteiger partial charge in [-0.1, -0.05) is 12.1 Å². The highest BCUT2D eigenvalue weighted by Crippen LogP contribution is 2.50. The number of carbonyl (C=O) groups is 2. The molecule has 6 N–H and O–H groups in total. The highest BCUT2D eigenvalue weighted by Gasteiger charge is 2.43. The van der Waals surface area contributed by atoms with Crippen LogP contribution in [0.3, 0.4) is 0 Å². The maximum Gasteiger partial charge on any atom is 0.202 e. The Morgan fingerprint density at radius 3 is 2.46 bits per heavy atom. The molecular formula is C25H25NO9. The van der Waals surface area contributed by atoms with E-state index in [1.807, 2.05) is 0 Å². The van der Waals surface area contributed by atoms with Gasteiger partial charge in [-0.15, -0.1) is 0 Å². The lowest BCUT2D eigenvalue weighted by molar-refractivity contribution is -0.241. The third kappa shape index (κ3) is 3.49. The van der Waals surface area contributed by atoms with Crippen molar-refractivity contribution in [3.63, 3.8) is 0 Å². The lowest BCUT2D eigenvalue weighted by Crippen LogP contribution is -2.51. The van der Waals surface area contributed by atoms with Crippen molar-refractivity contribution in [2.24, 2.45) is 5.73 Å². The average Bonchev–Trinajstić information content (AvgIpc) is 2.82. The summed E-state index contributed by atoms with van der Waals surface area (Å²) in [5.74, 6) is -2.45. The number of fused-ring (bicyclic) bond motifs is 3. The molecule has 1 saturated heterocycles. The fraction of sp³-hybridized carbons (Fsp3) is 0.360. The largest absolute Gasteiger partial charge is 0.512 e. The SMILES string of the molecule is COc1cccc2c1C(=O)c1c(O)c3c(c(O)c1C2=O)C=C(O)CC3OC1CC(N)C(O)C(C)O1. The van der Waals surface area contributed by atoms with E-state index >= 15 is 0 Å². The van der Waals surface area contributed by atoms with Crippen LogP contribution in [0.25, 0.3) is 6.08 Å². The Hall–Kier alpha value is -3.44. The molecule has 5 atom stereocenters. The van der Waals surface area contributed by atoms with Crippen LogP contribution in [0.2, 0.25) is 0 Å². The number of phenolic OH excluding ortho intramolecular Hbond substituents is 2. The van der Waals surface area contributed by atoms with Gasteiger partial charge in [0.15, 0.2) is 12.1 Å². The highest BCUT2D eigenvalue weighted by molar-refractivity contribution is 6.31. The van der Waals surface area contributed by atoms with Gasteiger partial charge in [0.25, 0.3) is 0 Å². The average molecular weight is 483 g/mol. The molecule has 3 aliphatic rings. The van der Waals surface area contributed by atoms with Crippen LogP contribution in [-0.2, 0) is 9.47 Å². The van der Waals surface area contributed by atoms with Crippen LogP contribution in [0.15, 0.2) is 24.0 Å². The van der Waals surface area contributed by atoms with Gasteiger partial charge >= 0.3 is 0 Å². The minimum atomic E-state index is -1.03. The summed E-state index contributed by atoms with van der Waals surface area (Å²) in [6, 6.07) is 3.89. The molecule has 2 aromatic carbocycles. The van der Waals surface area contributed by atoms with Crippen molar-refractivity contribution in [1.82, 2.24) is 0 Å². The Kier molecular flexibility index (Phi) is 5.56. The van der Waals surface area contributed by atoms with Gasteiger partial charge in [0, 0.05) is 35.6 Å². The van der Waals surface area contributed by atoms with Gasteiger partial charge in [-0.2, -0.15) is 0 Å². The molecule has 0 radical (unpaired) electrons. The number of ketones is 2. The maximum absolute atomic E-state index is 13.5. The molecule has 2 aliphatic carbocycles. The lowest BCUT2D eigenvalue weighted by Gasteiger charge is -2.38. The summed E-state index contributed by atoms with van der Waals surface area (Å²) in [6.07, 6.45) is -2.15. The Bertz CT molecular complexity index is 1270. The van der Waals surface area contributed by atoms with Crippen molar-refractivity contribution < 1.29 is 44.2 Å². The number of hydrogen-bond acceptors (Lipinski definition) is 10. The van der Waals surface area contributed by atoms with Crippen molar-refractivity contribution in [2.75, 3.05) is 7.11 Å². The van der Waals surface area contributed by atoms with Crippen molar-refractivity contribution in [3.8, 4) is 17.2 Å². The fourth-order valence-electron chi connectivity index (χ4n) is 5.05. The highest BCUT2D eigenvalue weighted by atomic mass is 16.7. The summed E-state index contributed by atoms with van der Waals surface area (Å²) in [6.45, 7) is 1.64. The Labute approximate surface area is 200 Å². The second-order valence-electron chi connectivity index (χ2n) is 8.94. The summed E-state index contributed by atoms with van der Waals surface area (Å²) < 4.78 is 17.0. The lowest BCUT2D eigenvalue weighted by atomic mass is 9.78. The van der Waals surface area contributed by atoms with Gasteiger partial charge in [0.2, 0.25) is 5.78 Å². The molecule has 10 heteroatoms. The predicted molar refractivity (Wildman–Crippen MR) is 122 cm³/mol. The standard InChI is InChI=1S/C25H25NO9/c1-9-21(28)13(26)8-16(34-9)35-15-7-10(27)6-12-18(15)25(32)20-19(23(12)30)22(29)11-4-3-5-14(33-2)17(11)24(20)31/h3-6,9,13,15-16,21,27-28,30,32H,7-8,26H2,1-2H3. The second kappa shape index (κ2) is 8.35. The summed E-state index contributed by atoms with van der Waals surface area (Å²) in [4.78, 5) is 26.8. The topological polar surface area (TPSA) is 169 Å². The van der Waals surface area contributed by atoms with Gasteiger partial charge in [0.05, 0.1) is 47.9 Å². The van der Waals surface area contributed by atoms with E-state index in [4.69, 9.17) is 19.9 Å². The molecule has 1 heterocycles. The number of aliphatic hydroxyl groups excluding tert-OH is 2. The first-order valence-corrected chi connectivity index (χ1v) is 11.2. The molecule has 1 fully saturated rings. The molecule has 5 unspecified atom stereocenters. The maximum atomic E-state index is 13.5. The zero-order chi connectivity index (χ0) is 25.2. The van der Waals surface area contributed by atoms with Crippen molar-refractivity contribution >= 4 is 17.6 Å². The van der Waals surface area contributed by atoms with Gasteiger partial charge in [-0.05, 0) is 19.1 Å². The first-order valence-electron chi connectivity index (χ1n) is 11.2. The number of ether oxygens (including phenoxy) is 3. The molecule has 0 spiro atoms. The summed E-state index contributed by atoms with van der Waals surface area (Å²) in [7, 11) is 1.36. The Morgan fingerprint density at radius 2 is 1.77 bits per heavy atom. The van der Waals surface area contributed by atoms with Gasteiger partial charge in [-0.3, -0.25) is 9.59 Å². The molecule has 184 valence electrons. The van der Waals surface area contributed by atoms with E-state index in [1.54, 1.807) is 13.0 Å². The van der Waals surface area contributed by atoms with Crippen LogP contribution < -0.4 is 10.5 Å². The van der Waals surface area contributed by atoms with E-state index in [9.17, 15) is 30.0 Å². The van der Waals surface area contributed by atoms with E-state index < -0.39 is 53.7 Å². The second-order valence-corrected chi connectivity index (χ2v) is 8.94. The zero-order valence-corrected chi connectivity index (χ0v) is 19.0. The molecule has 1 aliphatic heterocycles. The minimum absolute atomic E-state index is 0.0155. The van der Waals surface area contributed by atoms with Crippen LogP contribution >= 0.6 is 0 Å². The van der Waals surface area contributed by atoms with E-state index in [1.165, 1.54) is 25.3 Å². The first kappa shape index (κ1) is 23.3. The van der Waals surface area contributed by atoms with E-state index in [0.717, 1.165) is 0 Å². The smallest absolute Gasteiger partial charge is 0.202 e. The molecule has 0 saturated carbocycles. The Morgan fingerprint density at radius 1 is 1.06 bits per heavy atom. The Balaban J connectivity index is 1.64. The van der Waals surface area contributed by atoms with Crippen molar-refractivity contribution in [3.05, 3.63) is 57.3 Å². The molecular weight excluding hydrogens is 458 g/mol. The molecule has 5 rings (SSSR count). The number of benzene rings is 2. The van der Waals surface area contributed by atoms with Crippen molar-refractivity contribution in [2.45, 2.75) is 50.4 Å². The molecule has 10 nitrogen and oxygen atoms in total. The number of phenols is 2. The predicted octanol–water partition coefficient (Wildman–Crippen LogP) is 2.07. The van der Waals surface area contributed by atoms with Gasteiger partial charge < -0.3 is 40.4 Å². The summed E-state index contributed by atoms with van der Waals surface area (Å²) in [5, 5.41) is 42.8. The summed E-state index contributed by atoms with van der Waals surface area (Å²) >= 11 is 0. The van der Waals surface area contributed by atoms with E-state index in [-0.39, 0.29) is 57.7 Å². The number of carbonyl (C=O) groups excluding carboxylic acids is 2. The van der Waals surface area contributed by atoms with Crippen LogP contribution in [0, 0.1) is 0 Å². The normalized spacial score (nSPS) is 27.5. The van der Waals surface area contributed by atoms with Crippen LogP contribution in [-0.4, -0.2) is 63.6 Å². The number of nitrogens with two attached hydrogens (primary N) is 1. The van der Waals surface area contributed by atoms with E-state index in [2.05, 4.69) is 0 Å². The van der Waals surface area contributed by atoms with Crippen LogP contribution in [0.4, 0.5) is 0 Å².